The van der Waals surface area contributed by atoms with Crippen LogP contribution in [0.4, 0.5) is 11.7 Å². The van der Waals surface area contributed by atoms with Crippen molar-refractivity contribution in [1.82, 2.24) is 4.98 Å². The fourth-order valence-corrected chi connectivity index (χ4v) is 3.06. The summed E-state index contributed by atoms with van der Waals surface area (Å²) in [6.45, 7) is 9.63. The van der Waals surface area contributed by atoms with Gasteiger partial charge in [-0.2, -0.15) is 4.98 Å². The molecule has 0 atom stereocenters. The number of aromatic nitrogens is 1. The van der Waals surface area contributed by atoms with Crippen LogP contribution in [0.1, 0.15) is 16.7 Å². The summed E-state index contributed by atoms with van der Waals surface area (Å²) in [6.07, 6.45) is 3.88. The Hall–Kier alpha value is -1.48. The Balaban J connectivity index is 0.000000613. The molecule has 0 bridgehead atoms. The zero-order chi connectivity index (χ0) is 18.7. The van der Waals surface area contributed by atoms with Crippen LogP contribution in [0, 0.1) is 27.4 Å². The minimum atomic E-state index is -0.472. The van der Waals surface area contributed by atoms with Crippen LogP contribution in [0.2, 0.25) is 0 Å². The van der Waals surface area contributed by atoms with Crippen molar-refractivity contribution in [2.45, 2.75) is 20.8 Å². The van der Waals surface area contributed by atoms with Crippen LogP contribution in [-0.2, 0) is 16.5 Å². The van der Waals surface area contributed by atoms with Gasteiger partial charge in [-0.1, -0.05) is 29.8 Å². The van der Waals surface area contributed by atoms with Crippen LogP contribution in [-0.4, -0.2) is 4.98 Å². The summed E-state index contributed by atoms with van der Waals surface area (Å²) in [6, 6.07) is 12.6. The Labute approximate surface area is 169 Å². The first kappa shape index (κ1) is 19.3. The summed E-state index contributed by atoms with van der Waals surface area (Å²) in [5, 5.41) is 0. The predicted molar refractivity (Wildman–Crippen MR) is 104 cm³/mol. The second kappa shape index (κ2) is 8.47. The molecule has 0 fully saturated rings. The van der Waals surface area contributed by atoms with Crippen LogP contribution in [0.25, 0.3) is 11.1 Å². The van der Waals surface area contributed by atoms with Gasteiger partial charge in [0.1, 0.15) is 5.52 Å². The number of benzene rings is 2. The predicted octanol–water partition coefficient (Wildman–Crippen LogP) is 5.92. The van der Waals surface area contributed by atoms with Crippen molar-refractivity contribution < 1.29 is 20.9 Å². The number of anilines is 2. The van der Waals surface area contributed by atoms with E-state index in [-0.39, 0.29) is 0 Å². The monoisotopic (exact) mass is 568 g/mol. The van der Waals surface area contributed by atoms with Gasteiger partial charge >= 0.3 is 41.3 Å². The van der Waals surface area contributed by atoms with E-state index in [1.165, 1.54) is 16.7 Å². The van der Waals surface area contributed by atoms with E-state index in [1.54, 1.807) is 4.90 Å². The van der Waals surface area contributed by atoms with Gasteiger partial charge < -0.3 is 9.32 Å². The average Bonchev–Trinajstić information content (AvgIpc) is 3.21. The molecule has 3 aromatic rings. The molecule has 1 aliphatic heterocycles. The summed E-state index contributed by atoms with van der Waals surface area (Å²) in [4.78, 5) is 8.26. The minimum absolute atomic E-state index is 0.472. The first-order valence-corrected chi connectivity index (χ1v) is 13.5. The van der Waals surface area contributed by atoms with Gasteiger partial charge in [-0.3, -0.25) is 4.90 Å². The molecular formula is C19H17Cl2N3OPt. The summed E-state index contributed by atoms with van der Waals surface area (Å²) in [7, 11) is 9.75. The van der Waals surface area contributed by atoms with Crippen molar-refractivity contribution in [3.8, 4) is 0 Å². The summed E-state index contributed by atoms with van der Waals surface area (Å²) in [5.41, 5.74) is 6.48. The molecule has 1 aliphatic rings. The van der Waals surface area contributed by atoms with Crippen molar-refractivity contribution in [3.05, 3.63) is 72.2 Å². The van der Waals surface area contributed by atoms with E-state index >= 15 is 0 Å². The van der Waals surface area contributed by atoms with Crippen LogP contribution in [0.5, 0.6) is 0 Å². The summed E-state index contributed by atoms with van der Waals surface area (Å²) < 4.78 is 5.79. The first-order chi connectivity index (χ1) is 12.5. The number of oxazole rings is 1. The number of rotatable bonds is 2. The molecule has 0 saturated heterocycles. The average molecular weight is 569 g/mol. The molecule has 0 amide bonds. The van der Waals surface area contributed by atoms with Gasteiger partial charge in [-0.05, 0) is 44.0 Å². The Morgan fingerprint density at radius 2 is 1.62 bits per heavy atom. The molecule has 138 valence electrons. The van der Waals surface area contributed by atoms with E-state index in [4.69, 9.17) is 23.3 Å². The molecule has 0 N–H and O–H groups in total. The van der Waals surface area contributed by atoms with Crippen LogP contribution in [0.15, 0.2) is 53.2 Å². The van der Waals surface area contributed by atoms with Crippen LogP contribution < -0.4 is 9.80 Å². The second-order valence-electron chi connectivity index (χ2n) is 5.89. The molecule has 0 unspecified atom stereocenters. The van der Waals surface area contributed by atoms with Gasteiger partial charge in [-0.25, -0.2) is 0 Å². The van der Waals surface area contributed by atoms with Gasteiger partial charge in [0.15, 0.2) is 5.58 Å². The Kier molecular flexibility index (Phi) is 6.28. The number of para-hydroxylation sites is 2. The molecule has 0 aliphatic carbocycles. The Bertz CT molecular complexity index is 885. The molecule has 4 nitrogen and oxygen atoms in total. The number of halogens is 2. The van der Waals surface area contributed by atoms with Crippen molar-refractivity contribution >= 4 is 41.6 Å². The summed E-state index contributed by atoms with van der Waals surface area (Å²) >= 11 is -0.472. The van der Waals surface area contributed by atoms with E-state index < -0.39 is 16.5 Å². The standard InChI is InChI=1S/C19H17N3O.2ClH.Pt/c1-13-10-14(2)18(15(3)11-13)21-8-9-22(12-21)19-20-16-6-4-5-7-17(16)23-19;;;/h4-11H,1-3H3;2*1H;/q;;;+2/p-2. The van der Waals surface area contributed by atoms with E-state index in [2.05, 4.69) is 44.6 Å². The Morgan fingerprint density at radius 1 is 1.00 bits per heavy atom. The quantitative estimate of drug-likeness (QED) is 0.384. The van der Waals surface area contributed by atoms with E-state index in [9.17, 15) is 0 Å². The van der Waals surface area contributed by atoms with Gasteiger partial charge in [-0.15, -0.1) is 0 Å². The zero-order valence-electron chi connectivity index (χ0n) is 14.4. The zero-order valence-corrected chi connectivity index (χ0v) is 18.2. The van der Waals surface area contributed by atoms with Gasteiger partial charge in [0.2, 0.25) is 6.67 Å². The molecule has 4 rings (SSSR count). The van der Waals surface area contributed by atoms with Gasteiger partial charge in [0.05, 0.1) is 0 Å². The third-order valence-electron chi connectivity index (χ3n) is 3.95. The molecule has 26 heavy (non-hydrogen) atoms. The number of nitrogens with zero attached hydrogens (tertiary/aromatic N) is 3. The maximum absolute atomic E-state index is 5.79. The molecule has 2 aromatic carbocycles. The van der Waals surface area contributed by atoms with Crippen LogP contribution >= 0.6 is 18.8 Å². The first-order valence-electron chi connectivity index (χ1n) is 7.82. The number of hydrogen-bond acceptors (Lipinski definition) is 4. The molecule has 0 spiro atoms. The number of fused-ring (bicyclic) bond motifs is 1. The third-order valence-corrected chi connectivity index (χ3v) is 3.95. The molecule has 2 heterocycles. The van der Waals surface area contributed by atoms with Crippen molar-refractivity contribution in [2.75, 3.05) is 9.80 Å². The second-order valence-corrected chi connectivity index (χ2v) is 9.18. The Morgan fingerprint density at radius 3 is 2.27 bits per heavy atom. The van der Waals surface area contributed by atoms with E-state index in [1.807, 2.05) is 41.6 Å². The molecule has 0 saturated carbocycles. The van der Waals surface area contributed by atoms with Crippen molar-refractivity contribution in [1.29, 1.82) is 0 Å². The van der Waals surface area contributed by atoms with Crippen molar-refractivity contribution in [2.24, 2.45) is 0 Å². The van der Waals surface area contributed by atoms with Gasteiger partial charge in [0.25, 0.3) is 0 Å². The van der Waals surface area contributed by atoms with E-state index in [0.29, 0.717) is 6.01 Å². The topological polar surface area (TPSA) is 32.5 Å². The van der Waals surface area contributed by atoms with Crippen molar-refractivity contribution in [3.63, 3.8) is 0 Å². The number of aryl methyl sites for hydroxylation is 3. The molecule has 7 heteroatoms. The summed E-state index contributed by atoms with van der Waals surface area (Å²) in [5.74, 6) is 0. The number of hydrogen-bond donors (Lipinski definition) is 0. The SMILES string of the molecule is Cc1cc(C)c(N2[C]N(c3nc4ccccc4o3)C=C2)c(C)c1.[Cl][Pt][Cl]. The normalized spacial score (nSPS) is 13.4. The fourth-order valence-electron chi connectivity index (χ4n) is 3.06. The molecule has 1 aromatic heterocycles. The van der Waals surface area contributed by atoms with Crippen LogP contribution in [0.3, 0.4) is 0 Å². The molecule has 2 radical (unpaired) electrons. The van der Waals surface area contributed by atoms with Gasteiger partial charge in [0, 0.05) is 18.1 Å². The molecular weight excluding hydrogens is 552 g/mol. The fraction of sp³-hybridized carbons (Fsp3) is 0.158. The maximum atomic E-state index is 5.79. The third kappa shape index (κ3) is 4.09. The van der Waals surface area contributed by atoms with E-state index in [0.717, 1.165) is 16.8 Å².